The summed E-state index contributed by atoms with van der Waals surface area (Å²) in [6, 6.07) is 26.2. The van der Waals surface area contributed by atoms with Crippen LogP contribution in [0.25, 0.3) is 0 Å². The van der Waals surface area contributed by atoms with Crippen molar-refractivity contribution < 1.29 is 17.9 Å². The first-order valence-electron chi connectivity index (χ1n) is 10.4. The van der Waals surface area contributed by atoms with Gasteiger partial charge in [-0.25, -0.2) is 18.4 Å². The van der Waals surface area contributed by atoms with Crippen LogP contribution in [0.2, 0.25) is 0 Å². The number of carbonyl (C=O) groups is 1. The van der Waals surface area contributed by atoms with E-state index in [1.165, 1.54) is 31.6 Å². The zero-order valence-corrected chi connectivity index (χ0v) is 19.1. The Hall–Kier alpha value is -4.24. The number of amides is 1. The predicted molar refractivity (Wildman–Crippen MR) is 129 cm³/mol. The van der Waals surface area contributed by atoms with Gasteiger partial charge in [-0.05, 0) is 35.4 Å². The Bertz CT molecular complexity index is 1320. The van der Waals surface area contributed by atoms with Gasteiger partial charge in [0.2, 0.25) is 11.8 Å². The van der Waals surface area contributed by atoms with Gasteiger partial charge in [-0.2, -0.15) is 0 Å². The Morgan fingerprint density at radius 3 is 2.00 bits per heavy atom. The van der Waals surface area contributed by atoms with Crippen molar-refractivity contribution in [3.05, 3.63) is 108 Å². The molecule has 172 valence electrons. The van der Waals surface area contributed by atoms with Gasteiger partial charge in [-0.1, -0.05) is 60.7 Å². The average Bonchev–Trinajstić information content (AvgIpc) is 2.86. The van der Waals surface area contributed by atoms with E-state index < -0.39 is 15.9 Å². The quantitative estimate of drug-likeness (QED) is 0.399. The molecule has 1 amide bonds. The number of ether oxygens (including phenoxy) is 1. The summed E-state index contributed by atoms with van der Waals surface area (Å²) in [6.07, 6.45) is 1.20. The van der Waals surface area contributed by atoms with Crippen molar-refractivity contribution in [2.24, 2.45) is 0 Å². The molecule has 0 radical (unpaired) electrons. The highest BCUT2D eigenvalue weighted by molar-refractivity contribution is 7.92. The van der Waals surface area contributed by atoms with Crippen LogP contribution in [-0.2, 0) is 14.8 Å². The Kier molecular flexibility index (Phi) is 6.84. The number of hydrogen-bond donors (Lipinski definition) is 2. The molecular weight excluding hydrogens is 452 g/mol. The fraction of sp³-hybridized carbons (Fsp3) is 0.0800. The number of anilines is 2. The van der Waals surface area contributed by atoms with E-state index in [1.54, 1.807) is 12.1 Å². The monoisotopic (exact) mass is 474 g/mol. The summed E-state index contributed by atoms with van der Waals surface area (Å²) in [5.41, 5.74) is 2.19. The summed E-state index contributed by atoms with van der Waals surface area (Å²) >= 11 is 0. The molecule has 0 aliphatic rings. The molecular formula is C25H22N4O4S. The number of carbonyl (C=O) groups excluding carboxylic acids is 1. The van der Waals surface area contributed by atoms with E-state index in [-0.39, 0.29) is 22.5 Å². The van der Waals surface area contributed by atoms with Crippen LogP contribution in [0, 0.1) is 0 Å². The first-order chi connectivity index (χ1) is 16.5. The van der Waals surface area contributed by atoms with Crippen LogP contribution in [0.3, 0.4) is 0 Å². The number of nitrogens with zero attached hydrogens (tertiary/aromatic N) is 2. The van der Waals surface area contributed by atoms with Gasteiger partial charge in [0.15, 0.2) is 0 Å². The zero-order chi connectivity index (χ0) is 24.0. The highest BCUT2D eigenvalue weighted by Gasteiger charge is 2.23. The van der Waals surface area contributed by atoms with Gasteiger partial charge in [0, 0.05) is 11.8 Å². The lowest BCUT2D eigenvalue weighted by Gasteiger charge is -2.18. The fourth-order valence-electron chi connectivity index (χ4n) is 3.42. The molecule has 1 heterocycles. The van der Waals surface area contributed by atoms with Crippen LogP contribution in [0.15, 0.2) is 102 Å². The number of methoxy groups -OCH3 is 1. The minimum Gasteiger partial charge on any atom is -0.481 e. The van der Waals surface area contributed by atoms with Gasteiger partial charge >= 0.3 is 0 Å². The zero-order valence-electron chi connectivity index (χ0n) is 18.3. The summed E-state index contributed by atoms with van der Waals surface area (Å²) in [4.78, 5) is 21.0. The second-order valence-corrected chi connectivity index (χ2v) is 9.00. The van der Waals surface area contributed by atoms with Crippen molar-refractivity contribution in [3.8, 4) is 5.88 Å². The number of benzene rings is 3. The van der Waals surface area contributed by atoms with Crippen LogP contribution < -0.4 is 14.8 Å². The first kappa shape index (κ1) is 22.9. The molecule has 9 heteroatoms. The third-order valence-corrected chi connectivity index (χ3v) is 6.42. The molecule has 0 saturated carbocycles. The molecule has 8 nitrogen and oxygen atoms in total. The highest BCUT2D eigenvalue weighted by Crippen LogP contribution is 2.27. The topological polar surface area (TPSA) is 110 Å². The lowest BCUT2D eigenvalue weighted by molar-refractivity contribution is -0.116. The van der Waals surface area contributed by atoms with E-state index in [0.717, 1.165) is 11.1 Å². The van der Waals surface area contributed by atoms with Gasteiger partial charge in [0.1, 0.15) is 12.1 Å². The van der Waals surface area contributed by atoms with Crippen LogP contribution in [0.5, 0.6) is 5.88 Å². The van der Waals surface area contributed by atoms with Crippen molar-refractivity contribution in [2.45, 2.75) is 10.8 Å². The summed E-state index contributed by atoms with van der Waals surface area (Å²) in [7, 11) is -2.47. The maximum atomic E-state index is 13.2. The normalized spacial score (nSPS) is 11.1. The maximum absolute atomic E-state index is 13.2. The highest BCUT2D eigenvalue weighted by atomic mass is 32.2. The van der Waals surface area contributed by atoms with E-state index in [9.17, 15) is 13.2 Å². The largest absolute Gasteiger partial charge is 0.481 e. The number of hydrogen-bond acceptors (Lipinski definition) is 6. The molecule has 0 unspecified atom stereocenters. The van der Waals surface area contributed by atoms with Gasteiger partial charge in [0.25, 0.3) is 10.0 Å². The lowest BCUT2D eigenvalue weighted by atomic mass is 9.90. The molecule has 0 spiro atoms. The molecule has 3 aromatic carbocycles. The van der Waals surface area contributed by atoms with Crippen molar-refractivity contribution in [1.29, 1.82) is 0 Å². The standard InChI is InChI=1S/C25H22N4O4S/c1-33-23-16-22(26-17-27-23)29-34(31,32)21-14-12-20(13-15-21)28-25(30)24(18-8-4-2-5-9-18)19-10-6-3-7-11-19/h2-17,24H,1H3,(H,28,30)(H,26,27,29). The number of nitrogens with one attached hydrogen (secondary N) is 2. The Balaban J connectivity index is 1.52. The molecule has 0 aliphatic carbocycles. The molecule has 0 atom stereocenters. The summed E-state index contributed by atoms with van der Waals surface area (Å²) in [5, 5.41) is 2.89. The first-order valence-corrected chi connectivity index (χ1v) is 11.8. The van der Waals surface area contributed by atoms with Crippen molar-refractivity contribution in [1.82, 2.24) is 9.97 Å². The average molecular weight is 475 g/mol. The Morgan fingerprint density at radius 2 is 1.44 bits per heavy atom. The smallest absolute Gasteiger partial charge is 0.263 e. The number of rotatable bonds is 8. The van der Waals surface area contributed by atoms with Gasteiger partial charge in [-0.3, -0.25) is 9.52 Å². The SMILES string of the molecule is COc1cc(NS(=O)(=O)c2ccc(NC(=O)C(c3ccccc3)c3ccccc3)cc2)ncn1. The van der Waals surface area contributed by atoms with Crippen molar-refractivity contribution in [3.63, 3.8) is 0 Å². The molecule has 0 saturated heterocycles. The van der Waals surface area contributed by atoms with Crippen LogP contribution >= 0.6 is 0 Å². The number of aromatic nitrogens is 2. The van der Waals surface area contributed by atoms with Gasteiger partial charge in [0.05, 0.1) is 17.9 Å². The minimum atomic E-state index is -3.89. The molecule has 1 aromatic heterocycles. The van der Waals surface area contributed by atoms with E-state index >= 15 is 0 Å². The van der Waals surface area contributed by atoms with Crippen LogP contribution in [0.4, 0.5) is 11.5 Å². The van der Waals surface area contributed by atoms with Crippen LogP contribution in [-0.4, -0.2) is 31.4 Å². The molecule has 4 aromatic rings. The lowest BCUT2D eigenvalue weighted by Crippen LogP contribution is -2.22. The number of sulfonamides is 1. The summed E-state index contributed by atoms with van der Waals surface area (Å²) in [5.74, 6) is -0.422. The molecule has 4 rings (SSSR count). The van der Waals surface area contributed by atoms with E-state index in [0.29, 0.717) is 5.69 Å². The molecule has 34 heavy (non-hydrogen) atoms. The van der Waals surface area contributed by atoms with Crippen LogP contribution in [0.1, 0.15) is 17.0 Å². The molecule has 0 bridgehead atoms. The predicted octanol–water partition coefficient (Wildman–Crippen LogP) is 4.06. The second kappa shape index (κ2) is 10.1. The van der Waals surface area contributed by atoms with Crippen molar-refractivity contribution >= 4 is 27.4 Å². The summed E-state index contributed by atoms with van der Waals surface area (Å²) in [6.45, 7) is 0. The van der Waals surface area contributed by atoms with E-state index in [1.807, 2.05) is 60.7 Å². The Labute approximate surface area is 197 Å². The van der Waals surface area contributed by atoms with E-state index in [4.69, 9.17) is 4.74 Å². The van der Waals surface area contributed by atoms with Crippen molar-refractivity contribution in [2.75, 3.05) is 17.1 Å². The van der Waals surface area contributed by atoms with E-state index in [2.05, 4.69) is 20.0 Å². The second-order valence-electron chi connectivity index (χ2n) is 7.32. The maximum Gasteiger partial charge on any atom is 0.263 e. The molecule has 0 aliphatic heterocycles. The Morgan fingerprint density at radius 1 is 0.853 bits per heavy atom. The fourth-order valence-corrected chi connectivity index (χ4v) is 4.42. The molecule has 0 fully saturated rings. The van der Waals surface area contributed by atoms with Gasteiger partial charge in [-0.15, -0.1) is 0 Å². The van der Waals surface area contributed by atoms with Gasteiger partial charge < -0.3 is 10.1 Å². The summed E-state index contributed by atoms with van der Waals surface area (Å²) < 4.78 is 32.8. The molecule has 2 N–H and O–H groups in total. The minimum absolute atomic E-state index is 0.0192. The third kappa shape index (κ3) is 5.38. The third-order valence-electron chi connectivity index (χ3n) is 5.05.